The maximum absolute atomic E-state index is 12.7. The third kappa shape index (κ3) is 2.48. The molecule has 0 radical (unpaired) electrons. The fraction of sp³-hybridized carbons (Fsp3) is 0.579. The lowest BCUT2D eigenvalue weighted by Crippen LogP contribution is -2.42. The first-order valence-corrected chi connectivity index (χ1v) is 9.38. The smallest absolute Gasteiger partial charge is 0.320 e. The molecule has 3 saturated heterocycles. The standard InChI is InChI=1S/C19H23N3O4/c23-17-10-19(5-8-21(11-19)18(24)20-6-1-2-7-20)12-22(17)14-3-4-15-16(9-14)26-13-25-15/h3-4,9H,1-2,5-8,10-13H2/t19-/m1/s1. The third-order valence-electron chi connectivity index (χ3n) is 6.07. The van der Waals surface area contributed by atoms with Gasteiger partial charge in [-0.1, -0.05) is 0 Å². The summed E-state index contributed by atoms with van der Waals surface area (Å²) in [5, 5.41) is 0. The van der Waals surface area contributed by atoms with Crippen molar-refractivity contribution in [2.45, 2.75) is 25.7 Å². The van der Waals surface area contributed by atoms with Gasteiger partial charge in [0.2, 0.25) is 12.7 Å². The van der Waals surface area contributed by atoms with Crippen molar-refractivity contribution in [1.29, 1.82) is 0 Å². The van der Waals surface area contributed by atoms with Crippen molar-refractivity contribution < 1.29 is 19.1 Å². The maximum Gasteiger partial charge on any atom is 0.320 e. The van der Waals surface area contributed by atoms with Crippen molar-refractivity contribution in [3.63, 3.8) is 0 Å². The molecule has 1 spiro atoms. The zero-order valence-electron chi connectivity index (χ0n) is 14.8. The molecule has 7 nitrogen and oxygen atoms in total. The summed E-state index contributed by atoms with van der Waals surface area (Å²) in [6, 6.07) is 5.79. The first kappa shape index (κ1) is 15.8. The Morgan fingerprint density at radius 2 is 1.81 bits per heavy atom. The molecule has 4 heterocycles. The van der Waals surface area contributed by atoms with Gasteiger partial charge in [-0.05, 0) is 31.4 Å². The SMILES string of the molecule is O=C(N1CCCC1)N1CC[C@@]2(CC(=O)N(c3ccc4c(c3)OCO4)C2)C1. The number of amides is 3. The lowest BCUT2D eigenvalue weighted by atomic mass is 9.86. The number of ether oxygens (including phenoxy) is 2. The van der Waals surface area contributed by atoms with Gasteiger partial charge in [0.25, 0.3) is 0 Å². The minimum absolute atomic E-state index is 0.122. The first-order valence-electron chi connectivity index (χ1n) is 9.38. The molecule has 1 aromatic rings. The number of rotatable bonds is 1. The van der Waals surface area contributed by atoms with Crippen LogP contribution in [0.3, 0.4) is 0 Å². The highest BCUT2D eigenvalue weighted by Crippen LogP contribution is 2.44. The predicted octanol–water partition coefficient (Wildman–Crippen LogP) is 2.06. The Hall–Kier alpha value is -2.44. The van der Waals surface area contributed by atoms with E-state index in [1.165, 1.54) is 0 Å². The van der Waals surface area contributed by atoms with E-state index in [4.69, 9.17) is 9.47 Å². The van der Waals surface area contributed by atoms with E-state index in [1.54, 1.807) is 0 Å². The zero-order valence-corrected chi connectivity index (χ0v) is 14.8. The molecule has 3 amide bonds. The van der Waals surface area contributed by atoms with E-state index in [-0.39, 0.29) is 24.1 Å². The van der Waals surface area contributed by atoms with E-state index in [0.29, 0.717) is 25.3 Å². The molecule has 4 aliphatic heterocycles. The van der Waals surface area contributed by atoms with Crippen LogP contribution in [0.15, 0.2) is 18.2 Å². The number of carbonyl (C=O) groups is 2. The molecule has 0 unspecified atom stereocenters. The van der Waals surface area contributed by atoms with Gasteiger partial charge in [-0.15, -0.1) is 0 Å². The van der Waals surface area contributed by atoms with Crippen LogP contribution in [0.5, 0.6) is 11.5 Å². The lowest BCUT2D eigenvalue weighted by molar-refractivity contribution is -0.117. The molecule has 0 aromatic heterocycles. The fourth-order valence-corrected chi connectivity index (χ4v) is 4.66. The van der Waals surface area contributed by atoms with E-state index >= 15 is 0 Å². The Morgan fingerprint density at radius 3 is 2.65 bits per heavy atom. The summed E-state index contributed by atoms with van der Waals surface area (Å²) in [5.74, 6) is 1.53. The number of likely N-dealkylation sites (tertiary alicyclic amines) is 2. The van der Waals surface area contributed by atoms with Gasteiger partial charge in [-0.2, -0.15) is 0 Å². The van der Waals surface area contributed by atoms with Crippen molar-refractivity contribution in [1.82, 2.24) is 9.80 Å². The van der Waals surface area contributed by atoms with Gasteiger partial charge in [0.1, 0.15) is 0 Å². The Bertz CT molecular complexity index is 761. The van der Waals surface area contributed by atoms with E-state index in [1.807, 2.05) is 32.9 Å². The van der Waals surface area contributed by atoms with Crippen molar-refractivity contribution in [3.8, 4) is 11.5 Å². The largest absolute Gasteiger partial charge is 0.454 e. The molecule has 3 fully saturated rings. The van der Waals surface area contributed by atoms with Gasteiger partial charge in [0, 0.05) is 56.3 Å². The van der Waals surface area contributed by atoms with Gasteiger partial charge in [-0.25, -0.2) is 4.79 Å². The van der Waals surface area contributed by atoms with Gasteiger partial charge in [0.05, 0.1) is 0 Å². The van der Waals surface area contributed by atoms with Crippen molar-refractivity contribution >= 4 is 17.6 Å². The second kappa shape index (κ2) is 5.79. The summed E-state index contributed by atoms with van der Waals surface area (Å²) < 4.78 is 10.8. The summed E-state index contributed by atoms with van der Waals surface area (Å²) in [7, 11) is 0. The Morgan fingerprint density at radius 1 is 1.00 bits per heavy atom. The topological polar surface area (TPSA) is 62.3 Å². The van der Waals surface area contributed by atoms with E-state index in [9.17, 15) is 9.59 Å². The number of nitrogens with zero attached hydrogens (tertiary/aromatic N) is 3. The number of benzene rings is 1. The van der Waals surface area contributed by atoms with Crippen molar-refractivity contribution in [2.24, 2.45) is 5.41 Å². The van der Waals surface area contributed by atoms with Crippen molar-refractivity contribution in [2.75, 3.05) is 44.4 Å². The minimum atomic E-state index is -0.122. The Labute approximate surface area is 152 Å². The highest BCUT2D eigenvalue weighted by atomic mass is 16.7. The second-order valence-electron chi connectivity index (χ2n) is 7.84. The molecule has 4 aliphatic rings. The van der Waals surface area contributed by atoms with E-state index in [0.717, 1.165) is 50.3 Å². The molecule has 0 bridgehead atoms. The number of anilines is 1. The molecule has 0 aliphatic carbocycles. The molecule has 1 atom stereocenters. The second-order valence-corrected chi connectivity index (χ2v) is 7.84. The predicted molar refractivity (Wildman–Crippen MR) is 94.4 cm³/mol. The highest BCUT2D eigenvalue weighted by molar-refractivity contribution is 5.97. The molecule has 1 aromatic carbocycles. The average Bonchev–Trinajstić information content (AvgIpc) is 3.42. The molecular weight excluding hydrogens is 334 g/mol. The van der Waals surface area contributed by atoms with Gasteiger partial charge in [0.15, 0.2) is 11.5 Å². The quantitative estimate of drug-likeness (QED) is 0.772. The molecule has 26 heavy (non-hydrogen) atoms. The average molecular weight is 357 g/mol. The number of hydrogen-bond donors (Lipinski definition) is 0. The molecule has 138 valence electrons. The summed E-state index contributed by atoms with van der Waals surface area (Å²) in [4.78, 5) is 31.1. The summed E-state index contributed by atoms with van der Waals surface area (Å²) in [6.07, 6.45) is 3.59. The number of fused-ring (bicyclic) bond motifs is 1. The van der Waals surface area contributed by atoms with Crippen LogP contribution in [-0.4, -0.2) is 61.3 Å². The van der Waals surface area contributed by atoms with E-state index < -0.39 is 0 Å². The van der Waals surface area contributed by atoms with Crippen LogP contribution in [0.4, 0.5) is 10.5 Å². The number of hydrogen-bond acceptors (Lipinski definition) is 4. The number of carbonyl (C=O) groups excluding carboxylic acids is 2. The van der Waals surface area contributed by atoms with Crippen LogP contribution in [0.25, 0.3) is 0 Å². The number of urea groups is 1. The van der Waals surface area contributed by atoms with Crippen molar-refractivity contribution in [3.05, 3.63) is 18.2 Å². The van der Waals surface area contributed by atoms with Gasteiger partial charge < -0.3 is 24.2 Å². The Kier molecular flexibility index (Phi) is 3.52. The molecule has 5 rings (SSSR count). The lowest BCUT2D eigenvalue weighted by Gasteiger charge is -2.27. The van der Waals surface area contributed by atoms with Crippen LogP contribution in [0.2, 0.25) is 0 Å². The first-order chi connectivity index (χ1) is 12.6. The van der Waals surface area contributed by atoms with Gasteiger partial charge in [-0.3, -0.25) is 4.79 Å². The summed E-state index contributed by atoms with van der Waals surface area (Å²) >= 11 is 0. The normalized spacial score (nSPS) is 27.2. The summed E-state index contributed by atoms with van der Waals surface area (Å²) in [5.41, 5.74) is 0.725. The van der Waals surface area contributed by atoms with E-state index in [2.05, 4.69) is 0 Å². The molecule has 7 heteroatoms. The van der Waals surface area contributed by atoms with Gasteiger partial charge >= 0.3 is 6.03 Å². The highest BCUT2D eigenvalue weighted by Gasteiger charge is 2.49. The molecule has 0 N–H and O–H groups in total. The molecule has 0 saturated carbocycles. The maximum atomic E-state index is 12.7. The zero-order chi connectivity index (χ0) is 17.7. The third-order valence-corrected chi connectivity index (χ3v) is 6.07. The monoisotopic (exact) mass is 357 g/mol. The summed E-state index contributed by atoms with van der Waals surface area (Å²) in [6.45, 7) is 4.04. The van der Waals surface area contributed by atoms with Crippen LogP contribution >= 0.6 is 0 Å². The van der Waals surface area contributed by atoms with Crippen LogP contribution in [0, 0.1) is 5.41 Å². The van der Waals surface area contributed by atoms with Crippen LogP contribution in [0.1, 0.15) is 25.7 Å². The Balaban J connectivity index is 1.31. The minimum Gasteiger partial charge on any atom is -0.454 e. The van der Waals surface area contributed by atoms with Crippen LogP contribution in [-0.2, 0) is 4.79 Å². The molecular formula is C19H23N3O4. The van der Waals surface area contributed by atoms with Crippen LogP contribution < -0.4 is 14.4 Å². The fourth-order valence-electron chi connectivity index (χ4n) is 4.66.